The third-order valence-corrected chi connectivity index (χ3v) is 5.92. The Hall–Kier alpha value is -2.54. The molecule has 0 atom stereocenters. The highest BCUT2D eigenvalue weighted by Crippen LogP contribution is 2.30. The molecule has 6 nitrogen and oxygen atoms in total. The first-order valence-electron chi connectivity index (χ1n) is 8.43. The monoisotopic (exact) mass is 392 g/mol. The zero-order valence-corrected chi connectivity index (χ0v) is 16.8. The van der Waals surface area contributed by atoms with Crippen LogP contribution >= 0.6 is 0 Å². The standard InChI is InChI=1S/C20H24O6S/c1-14-5-7-17(8-6-14)27(22,23)10-9-20(21)26-13-16-12-19(25-4)18(24-3)11-15(16)2/h5-8,11-12H,9-10,13H2,1-4H3. The van der Waals surface area contributed by atoms with E-state index in [2.05, 4.69) is 0 Å². The van der Waals surface area contributed by atoms with Crippen molar-refractivity contribution in [1.29, 1.82) is 0 Å². The summed E-state index contributed by atoms with van der Waals surface area (Å²) in [4.78, 5) is 12.2. The number of methoxy groups -OCH3 is 2. The molecule has 0 heterocycles. The van der Waals surface area contributed by atoms with E-state index in [1.54, 1.807) is 43.5 Å². The van der Waals surface area contributed by atoms with Gasteiger partial charge in [-0.15, -0.1) is 0 Å². The van der Waals surface area contributed by atoms with Crippen molar-refractivity contribution in [1.82, 2.24) is 0 Å². The smallest absolute Gasteiger partial charge is 0.307 e. The molecule has 0 aliphatic rings. The quantitative estimate of drug-likeness (QED) is 0.642. The van der Waals surface area contributed by atoms with Crippen LogP contribution in [0.25, 0.3) is 0 Å². The maximum atomic E-state index is 12.3. The summed E-state index contributed by atoms with van der Waals surface area (Å²) in [6, 6.07) is 10.1. The van der Waals surface area contributed by atoms with Gasteiger partial charge in [0, 0.05) is 0 Å². The highest BCUT2D eigenvalue weighted by molar-refractivity contribution is 7.91. The second-order valence-corrected chi connectivity index (χ2v) is 8.29. The van der Waals surface area contributed by atoms with Crippen LogP contribution in [0.2, 0.25) is 0 Å². The molecule has 0 aliphatic heterocycles. The van der Waals surface area contributed by atoms with Crippen molar-refractivity contribution < 1.29 is 27.4 Å². The Balaban J connectivity index is 1.96. The van der Waals surface area contributed by atoms with Crippen molar-refractivity contribution in [2.24, 2.45) is 0 Å². The van der Waals surface area contributed by atoms with Gasteiger partial charge in [0.2, 0.25) is 0 Å². The zero-order chi connectivity index (χ0) is 20.0. The minimum Gasteiger partial charge on any atom is -0.493 e. The van der Waals surface area contributed by atoms with Crippen LogP contribution < -0.4 is 9.47 Å². The van der Waals surface area contributed by atoms with E-state index in [0.717, 1.165) is 16.7 Å². The van der Waals surface area contributed by atoms with Gasteiger partial charge in [0.1, 0.15) is 6.61 Å². The van der Waals surface area contributed by atoms with E-state index in [9.17, 15) is 13.2 Å². The normalized spacial score (nSPS) is 11.1. The lowest BCUT2D eigenvalue weighted by Gasteiger charge is -2.13. The molecule has 0 amide bonds. The number of benzene rings is 2. The predicted octanol–water partition coefficient (Wildman–Crippen LogP) is 3.23. The fourth-order valence-corrected chi connectivity index (χ4v) is 3.71. The molecule has 146 valence electrons. The summed E-state index contributed by atoms with van der Waals surface area (Å²) in [6.07, 6.45) is -0.206. The van der Waals surface area contributed by atoms with Crippen LogP contribution in [-0.2, 0) is 26.0 Å². The molecule has 0 unspecified atom stereocenters. The molecule has 2 aromatic carbocycles. The average molecular weight is 392 g/mol. The van der Waals surface area contributed by atoms with E-state index in [-0.39, 0.29) is 23.7 Å². The second-order valence-electron chi connectivity index (χ2n) is 6.18. The molecule has 7 heteroatoms. The summed E-state index contributed by atoms with van der Waals surface area (Å²) < 4.78 is 40.3. The summed E-state index contributed by atoms with van der Waals surface area (Å²) >= 11 is 0. The summed E-state index contributed by atoms with van der Waals surface area (Å²) in [5.74, 6) is 0.269. The number of esters is 1. The number of ether oxygens (including phenoxy) is 3. The van der Waals surface area contributed by atoms with Gasteiger partial charge in [-0.25, -0.2) is 8.42 Å². The third kappa shape index (κ3) is 5.47. The fraction of sp³-hybridized carbons (Fsp3) is 0.350. The number of rotatable bonds is 8. The fourth-order valence-electron chi connectivity index (χ4n) is 2.49. The molecule has 0 bridgehead atoms. The molecule has 2 rings (SSSR count). The van der Waals surface area contributed by atoms with E-state index < -0.39 is 15.8 Å². The van der Waals surface area contributed by atoms with Gasteiger partial charge in [0.05, 0.1) is 31.3 Å². The van der Waals surface area contributed by atoms with E-state index in [1.807, 2.05) is 13.8 Å². The molecule has 2 aromatic rings. The first kappa shape index (κ1) is 20.8. The largest absolute Gasteiger partial charge is 0.493 e. The molecule has 0 saturated heterocycles. The van der Waals surface area contributed by atoms with Crippen LogP contribution in [0.1, 0.15) is 23.1 Å². The predicted molar refractivity (Wildman–Crippen MR) is 102 cm³/mol. The maximum absolute atomic E-state index is 12.3. The van der Waals surface area contributed by atoms with Crippen LogP contribution in [0.15, 0.2) is 41.3 Å². The van der Waals surface area contributed by atoms with Crippen molar-refractivity contribution in [2.75, 3.05) is 20.0 Å². The molecule has 0 radical (unpaired) electrons. The van der Waals surface area contributed by atoms with Gasteiger partial charge < -0.3 is 14.2 Å². The van der Waals surface area contributed by atoms with Crippen LogP contribution in [-0.4, -0.2) is 34.4 Å². The van der Waals surface area contributed by atoms with Gasteiger partial charge in [0.15, 0.2) is 21.3 Å². The second kappa shape index (κ2) is 8.90. The number of carbonyl (C=O) groups is 1. The molecule has 0 fully saturated rings. The van der Waals surface area contributed by atoms with Gasteiger partial charge in [-0.05, 0) is 49.2 Å². The highest BCUT2D eigenvalue weighted by Gasteiger charge is 2.17. The average Bonchev–Trinajstić information content (AvgIpc) is 2.65. The Morgan fingerprint density at radius 2 is 1.56 bits per heavy atom. The van der Waals surface area contributed by atoms with Gasteiger partial charge in [-0.3, -0.25) is 4.79 Å². The van der Waals surface area contributed by atoms with Gasteiger partial charge in [0.25, 0.3) is 0 Å². The van der Waals surface area contributed by atoms with Crippen molar-refractivity contribution in [3.05, 3.63) is 53.1 Å². The molecular formula is C20H24O6S. The van der Waals surface area contributed by atoms with Crippen molar-refractivity contribution in [2.45, 2.75) is 31.8 Å². The molecule has 0 aliphatic carbocycles. The van der Waals surface area contributed by atoms with Crippen molar-refractivity contribution in [3.8, 4) is 11.5 Å². The highest BCUT2D eigenvalue weighted by atomic mass is 32.2. The summed E-state index contributed by atoms with van der Waals surface area (Å²) in [5, 5.41) is 0. The lowest BCUT2D eigenvalue weighted by Crippen LogP contribution is -2.14. The molecule has 0 N–H and O–H groups in total. The van der Waals surface area contributed by atoms with Gasteiger partial charge in [-0.1, -0.05) is 17.7 Å². The lowest BCUT2D eigenvalue weighted by molar-refractivity contribution is -0.144. The molecular weight excluding hydrogens is 368 g/mol. The van der Waals surface area contributed by atoms with E-state index >= 15 is 0 Å². The van der Waals surface area contributed by atoms with E-state index in [1.165, 1.54) is 7.11 Å². The van der Waals surface area contributed by atoms with Crippen LogP contribution in [0.4, 0.5) is 0 Å². The first-order valence-corrected chi connectivity index (χ1v) is 10.1. The lowest BCUT2D eigenvalue weighted by atomic mass is 10.1. The Bertz CT molecular complexity index is 901. The number of aryl methyl sites for hydroxylation is 2. The summed E-state index contributed by atoms with van der Waals surface area (Å²) in [5.41, 5.74) is 2.62. The molecule has 27 heavy (non-hydrogen) atoms. The Morgan fingerprint density at radius 3 is 2.15 bits per heavy atom. The number of hydrogen-bond acceptors (Lipinski definition) is 6. The zero-order valence-electron chi connectivity index (χ0n) is 15.9. The van der Waals surface area contributed by atoms with Crippen LogP contribution in [0.3, 0.4) is 0 Å². The Morgan fingerprint density at radius 1 is 0.963 bits per heavy atom. The number of hydrogen-bond donors (Lipinski definition) is 0. The summed E-state index contributed by atoms with van der Waals surface area (Å²) in [6.45, 7) is 3.78. The first-order chi connectivity index (χ1) is 12.8. The van der Waals surface area contributed by atoms with E-state index in [4.69, 9.17) is 14.2 Å². The van der Waals surface area contributed by atoms with Crippen LogP contribution in [0.5, 0.6) is 11.5 Å². The molecule has 0 saturated carbocycles. The third-order valence-electron chi connectivity index (χ3n) is 4.19. The summed E-state index contributed by atoms with van der Waals surface area (Å²) in [7, 11) is -0.446. The Kier molecular flexibility index (Phi) is 6.85. The van der Waals surface area contributed by atoms with Gasteiger partial charge in [-0.2, -0.15) is 0 Å². The SMILES string of the molecule is COc1cc(C)c(COC(=O)CCS(=O)(=O)c2ccc(C)cc2)cc1OC. The Labute approximate surface area is 160 Å². The minimum atomic E-state index is -3.52. The van der Waals surface area contributed by atoms with Crippen LogP contribution in [0, 0.1) is 13.8 Å². The van der Waals surface area contributed by atoms with Crippen molar-refractivity contribution in [3.63, 3.8) is 0 Å². The number of sulfone groups is 1. The maximum Gasteiger partial charge on any atom is 0.307 e. The molecule has 0 aromatic heterocycles. The van der Waals surface area contributed by atoms with E-state index in [0.29, 0.717) is 11.5 Å². The number of carbonyl (C=O) groups excluding carboxylic acids is 1. The van der Waals surface area contributed by atoms with Gasteiger partial charge >= 0.3 is 5.97 Å². The topological polar surface area (TPSA) is 78.9 Å². The van der Waals surface area contributed by atoms with Crippen molar-refractivity contribution >= 4 is 15.8 Å². The minimum absolute atomic E-state index is 0.0373. The molecule has 0 spiro atoms.